The second kappa shape index (κ2) is 7.30. The Labute approximate surface area is 149 Å². The number of carbonyl (C=O) groups excluding carboxylic acids is 2. The number of aromatic hydroxyl groups is 2. The Kier molecular flexibility index (Phi) is 4.92. The first-order valence-electron chi connectivity index (χ1n) is 8.10. The van der Waals surface area contributed by atoms with Crippen LogP contribution in [0.25, 0.3) is 0 Å². The summed E-state index contributed by atoms with van der Waals surface area (Å²) < 4.78 is 5.23. The minimum atomic E-state index is -0.508. The van der Waals surface area contributed by atoms with E-state index in [9.17, 15) is 19.8 Å². The summed E-state index contributed by atoms with van der Waals surface area (Å²) in [5.74, 6) is -0.417. The first kappa shape index (κ1) is 17.5. The third-order valence-corrected chi connectivity index (χ3v) is 4.22. The van der Waals surface area contributed by atoms with Crippen molar-refractivity contribution in [2.45, 2.75) is 19.9 Å². The van der Waals surface area contributed by atoms with E-state index in [1.165, 1.54) is 24.5 Å². The number of amides is 2. The lowest BCUT2D eigenvalue weighted by Gasteiger charge is -2.14. The quantitative estimate of drug-likeness (QED) is 0.427. The maximum absolute atomic E-state index is 12.3. The Morgan fingerprint density at radius 3 is 2.92 bits per heavy atom. The standard InChI is InChI=1S/C18H19N3O5/c1-11(15-8-13(22)4-5-16(15)23)19-20-18(25)12-7-17(24)21(9-12)10-14-3-2-6-26-14/h2-6,8,12,22-23H,7,9-10H2,1H3,(H,20,25)/b19-11-. The van der Waals surface area contributed by atoms with Crippen molar-refractivity contribution in [2.24, 2.45) is 11.0 Å². The van der Waals surface area contributed by atoms with Gasteiger partial charge in [0, 0.05) is 18.5 Å². The highest BCUT2D eigenvalue weighted by atomic mass is 16.3. The van der Waals surface area contributed by atoms with Crippen molar-refractivity contribution in [3.8, 4) is 11.5 Å². The smallest absolute Gasteiger partial charge is 0.245 e. The zero-order valence-electron chi connectivity index (χ0n) is 14.2. The number of phenolic OH excluding ortho intramolecular Hbond substituents is 2. The molecule has 2 heterocycles. The zero-order chi connectivity index (χ0) is 18.7. The van der Waals surface area contributed by atoms with E-state index in [0.717, 1.165) is 0 Å². The zero-order valence-corrected chi connectivity index (χ0v) is 14.2. The molecule has 1 fully saturated rings. The van der Waals surface area contributed by atoms with Gasteiger partial charge in [-0.3, -0.25) is 9.59 Å². The number of furan rings is 1. The van der Waals surface area contributed by atoms with E-state index in [1.54, 1.807) is 24.0 Å². The summed E-state index contributed by atoms with van der Waals surface area (Å²) >= 11 is 0. The van der Waals surface area contributed by atoms with E-state index in [-0.39, 0.29) is 36.3 Å². The van der Waals surface area contributed by atoms with Crippen molar-refractivity contribution in [1.82, 2.24) is 10.3 Å². The highest BCUT2D eigenvalue weighted by molar-refractivity contribution is 6.02. The predicted molar refractivity (Wildman–Crippen MR) is 92.4 cm³/mol. The van der Waals surface area contributed by atoms with Gasteiger partial charge in [0.1, 0.15) is 17.3 Å². The Morgan fingerprint density at radius 2 is 2.19 bits per heavy atom. The normalized spacial score (nSPS) is 17.6. The summed E-state index contributed by atoms with van der Waals surface area (Å²) in [6.07, 6.45) is 1.65. The van der Waals surface area contributed by atoms with E-state index in [1.807, 2.05) is 0 Å². The molecule has 1 atom stereocenters. The van der Waals surface area contributed by atoms with Crippen molar-refractivity contribution >= 4 is 17.5 Å². The fourth-order valence-electron chi connectivity index (χ4n) is 2.80. The van der Waals surface area contributed by atoms with Crippen LogP contribution in [0.5, 0.6) is 11.5 Å². The molecule has 1 aliphatic rings. The Bertz CT molecular complexity index is 845. The number of hydrogen-bond acceptors (Lipinski definition) is 6. The van der Waals surface area contributed by atoms with E-state index in [4.69, 9.17) is 4.42 Å². The molecule has 0 bridgehead atoms. The van der Waals surface area contributed by atoms with E-state index in [0.29, 0.717) is 23.6 Å². The van der Waals surface area contributed by atoms with Crippen LogP contribution in [0.4, 0.5) is 0 Å². The van der Waals surface area contributed by atoms with Crippen molar-refractivity contribution in [3.05, 3.63) is 47.9 Å². The van der Waals surface area contributed by atoms with Gasteiger partial charge in [-0.15, -0.1) is 0 Å². The van der Waals surface area contributed by atoms with Crippen LogP contribution in [-0.2, 0) is 16.1 Å². The predicted octanol–water partition coefficient (Wildman–Crippen LogP) is 1.58. The lowest BCUT2D eigenvalue weighted by Crippen LogP contribution is -2.30. The topological polar surface area (TPSA) is 115 Å². The van der Waals surface area contributed by atoms with E-state index in [2.05, 4.69) is 10.5 Å². The average Bonchev–Trinajstić information content (AvgIpc) is 3.25. The first-order valence-corrected chi connectivity index (χ1v) is 8.10. The van der Waals surface area contributed by atoms with Gasteiger partial charge < -0.3 is 19.5 Å². The van der Waals surface area contributed by atoms with Crippen LogP contribution in [0.1, 0.15) is 24.7 Å². The van der Waals surface area contributed by atoms with Gasteiger partial charge in [-0.05, 0) is 37.3 Å². The average molecular weight is 357 g/mol. The maximum atomic E-state index is 12.3. The minimum Gasteiger partial charge on any atom is -0.508 e. The largest absolute Gasteiger partial charge is 0.508 e. The molecule has 1 unspecified atom stereocenters. The second-order valence-corrected chi connectivity index (χ2v) is 6.13. The Morgan fingerprint density at radius 1 is 1.38 bits per heavy atom. The lowest BCUT2D eigenvalue weighted by molar-refractivity contribution is -0.129. The summed E-state index contributed by atoms with van der Waals surface area (Å²) in [4.78, 5) is 25.9. The van der Waals surface area contributed by atoms with Crippen LogP contribution in [0, 0.1) is 5.92 Å². The van der Waals surface area contributed by atoms with Gasteiger partial charge in [0.25, 0.3) is 0 Å². The highest BCUT2D eigenvalue weighted by Gasteiger charge is 2.34. The minimum absolute atomic E-state index is 0.0198. The molecule has 2 aromatic rings. The summed E-state index contributed by atoms with van der Waals surface area (Å²) in [6.45, 7) is 2.21. The van der Waals surface area contributed by atoms with Crippen LogP contribution in [0.2, 0.25) is 0 Å². The molecule has 0 spiro atoms. The number of nitrogens with zero attached hydrogens (tertiary/aromatic N) is 2. The van der Waals surface area contributed by atoms with Gasteiger partial charge in [-0.2, -0.15) is 5.10 Å². The van der Waals surface area contributed by atoms with Crippen molar-refractivity contribution in [2.75, 3.05) is 6.54 Å². The molecule has 3 rings (SSSR count). The number of likely N-dealkylation sites (tertiary alicyclic amines) is 1. The molecule has 1 saturated heterocycles. The number of hydrogen-bond donors (Lipinski definition) is 3. The van der Waals surface area contributed by atoms with Crippen LogP contribution in [0.3, 0.4) is 0 Å². The number of carbonyl (C=O) groups is 2. The van der Waals surface area contributed by atoms with Gasteiger partial charge in [0.15, 0.2) is 0 Å². The second-order valence-electron chi connectivity index (χ2n) is 6.13. The molecular weight excluding hydrogens is 338 g/mol. The number of rotatable bonds is 5. The van der Waals surface area contributed by atoms with Gasteiger partial charge in [0.2, 0.25) is 11.8 Å². The summed E-state index contributed by atoms with van der Waals surface area (Å²) in [7, 11) is 0. The molecule has 0 radical (unpaired) electrons. The fourth-order valence-corrected chi connectivity index (χ4v) is 2.80. The van der Waals surface area contributed by atoms with Gasteiger partial charge >= 0.3 is 0 Å². The van der Waals surface area contributed by atoms with Crippen LogP contribution < -0.4 is 5.43 Å². The molecule has 1 aromatic heterocycles. The molecule has 26 heavy (non-hydrogen) atoms. The Balaban J connectivity index is 1.61. The summed E-state index contributed by atoms with van der Waals surface area (Å²) in [5.41, 5.74) is 3.07. The van der Waals surface area contributed by atoms with Crippen molar-refractivity contribution < 1.29 is 24.2 Å². The summed E-state index contributed by atoms with van der Waals surface area (Å²) in [5, 5.41) is 23.3. The Hall–Kier alpha value is -3.29. The van der Waals surface area contributed by atoms with E-state index < -0.39 is 5.92 Å². The molecule has 1 aliphatic heterocycles. The van der Waals surface area contributed by atoms with E-state index >= 15 is 0 Å². The lowest BCUT2D eigenvalue weighted by atomic mass is 10.1. The molecule has 8 nitrogen and oxygen atoms in total. The number of hydrazone groups is 1. The molecule has 0 saturated carbocycles. The third kappa shape index (κ3) is 3.85. The van der Waals surface area contributed by atoms with Gasteiger partial charge in [-0.1, -0.05) is 0 Å². The molecule has 8 heteroatoms. The molecule has 1 aromatic carbocycles. The SMILES string of the molecule is C/C(=N/NC(=O)C1CC(=O)N(Cc2ccco2)C1)c1cc(O)ccc1O. The third-order valence-electron chi connectivity index (χ3n) is 4.22. The molecule has 136 valence electrons. The fraction of sp³-hybridized carbons (Fsp3) is 0.278. The number of benzene rings is 1. The number of nitrogens with one attached hydrogen (secondary N) is 1. The highest BCUT2D eigenvalue weighted by Crippen LogP contribution is 2.23. The molecule has 3 N–H and O–H groups in total. The maximum Gasteiger partial charge on any atom is 0.245 e. The number of phenols is 2. The van der Waals surface area contributed by atoms with Gasteiger partial charge in [-0.25, -0.2) is 5.43 Å². The molecular formula is C18H19N3O5. The molecule has 0 aliphatic carbocycles. The van der Waals surface area contributed by atoms with Crippen molar-refractivity contribution in [1.29, 1.82) is 0 Å². The monoisotopic (exact) mass is 357 g/mol. The molecule has 2 amide bonds. The van der Waals surface area contributed by atoms with Crippen LogP contribution in [-0.4, -0.2) is 39.2 Å². The van der Waals surface area contributed by atoms with Crippen LogP contribution >= 0.6 is 0 Å². The van der Waals surface area contributed by atoms with Crippen molar-refractivity contribution in [3.63, 3.8) is 0 Å². The first-order chi connectivity index (χ1) is 12.4. The van der Waals surface area contributed by atoms with Gasteiger partial charge in [0.05, 0.1) is 24.4 Å². The van der Waals surface area contributed by atoms with Crippen LogP contribution in [0.15, 0.2) is 46.1 Å². The summed E-state index contributed by atoms with van der Waals surface area (Å²) in [6, 6.07) is 7.56.